The van der Waals surface area contributed by atoms with E-state index in [-0.39, 0.29) is 0 Å². The first-order chi connectivity index (χ1) is 19.1. The van der Waals surface area contributed by atoms with Crippen molar-refractivity contribution in [3.05, 3.63) is 143 Å². The number of hydrogen-bond acceptors (Lipinski definition) is 1. The Morgan fingerprint density at radius 3 is 2.41 bits per heavy atom. The smallest absolute Gasteiger partial charge is 0.0427 e. The number of rotatable bonds is 9. The summed E-state index contributed by atoms with van der Waals surface area (Å²) in [6.07, 6.45) is 22.8. The molecule has 1 unspecified atom stereocenters. The second kappa shape index (κ2) is 12.8. The van der Waals surface area contributed by atoms with Gasteiger partial charge in [-0.3, -0.25) is 4.98 Å². The summed E-state index contributed by atoms with van der Waals surface area (Å²) in [6.45, 7) is 8.97. The number of hydrogen-bond donors (Lipinski definition) is 0. The Morgan fingerprint density at radius 2 is 1.74 bits per heavy atom. The number of terminal acetylenes is 1. The molecular formula is C38H39N. The predicted octanol–water partition coefficient (Wildman–Crippen LogP) is 9.28. The Balaban J connectivity index is 1.30. The lowest BCUT2D eigenvalue weighted by molar-refractivity contribution is 0.251. The van der Waals surface area contributed by atoms with Crippen LogP contribution in [0.5, 0.6) is 0 Å². The van der Waals surface area contributed by atoms with Crippen LogP contribution in [0.3, 0.4) is 0 Å². The monoisotopic (exact) mass is 509 g/mol. The third-order valence-electron chi connectivity index (χ3n) is 8.59. The summed E-state index contributed by atoms with van der Waals surface area (Å²) in [7, 11) is 0. The summed E-state index contributed by atoms with van der Waals surface area (Å²) >= 11 is 0. The van der Waals surface area contributed by atoms with Gasteiger partial charge in [-0.15, -0.1) is 6.42 Å². The number of allylic oxidation sites excluding steroid dienone is 6. The van der Waals surface area contributed by atoms with Gasteiger partial charge in [0.2, 0.25) is 0 Å². The summed E-state index contributed by atoms with van der Waals surface area (Å²) in [5, 5.41) is 0. The maximum absolute atomic E-state index is 5.50. The number of aryl methyl sites for hydroxylation is 1. The van der Waals surface area contributed by atoms with Gasteiger partial charge in [0.15, 0.2) is 0 Å². The van der Waals surface area contributed by atoms with Crippen molar-refractivity contribution in [3.8, 4) is 12.3 Å². The number of benzene rings is 2. The lowest BCUT2D eigenvalue weighted by atomic mass is 9.69. The molecule has 39 heavy (non-hydrogen) atoms. The van der Waals surface area contributed by atoms with E-state index in [9.17, 15) is 0 Å². The molecule has 0 spiro atoms. The van der Waals surface area contributed by atoms with Gasteiger partial charge in [-0.05, 0) is 103 Å². The molecule has 0 aliphatic heterocycles. The molecule has 2 aliphatic rings. The van der Waals surface area contributed by atoms with Gasteiger partial charge in [0.25, 0.3) is 0 Å². The van der Waals surface area contributed by atoms with Crippen LogP contribution in [0.1, 0.15) is 72.4 Å². The Hall–Kier alpha value is -3.89. The largest absolute Gasteiger partial charge is 0.260 e. The minimum atomic E-state index is 0.389. The van der Waals surface area contributed by atoms with E-state index in [4.69, 9.17) is 6.42 Å². The van der Waals surface area contributed by atoms with Crippen molar-refractivity contribution in [3.63, 3.8) is 0 Å². The normalized spacial score (nSPS) is 19.7. The van der Waals surface area contributed by atoms with Crippen molar-refractivity contribution in [2.75, 3.05) is 0 Å². The maximum atomic E-state index is 5.50. The van der Waals surface area contributed by atoms with Crippen molar-refractivity contribution >= 4 is 5.57 Å². The fourth-order valence-corrected chi connectivity index (χ4v) is 6.37. The Bertz CT molecular complexity index is 1370. The molecule has 1 aromatic heterocycles. The fourth-order valence-electron chi connectivity index (χ4n) is 6.37. The zero-order valence-electron chi connectivity index (χ0n) is 23.0. The summed E-state index contributed by atoms with van der Waals surface area (Å²) in [5.74, 6) is 4.36. The molecule has 0 bridgehead atoms. The van der Waals surface area contributed by atoms with Gasteiger partial charge in [0.1, 0.15) is 0 Å². The lowest BCUT2D eigenvalue weighted by Crippen LogP contribution is -2.23. The molecule has 5 rings (SSSR count). The third-order valence-corrected chi connectivity index (χ3v) is 8.59. The van der Waals surface area contributed by atoms with E-state index in [2.05, 4.69) is 103 Å². The molecule has 196 valence electrons. The predicted molar refractivity (Wildman–Crippen MR) is 165 cm³/mol. The summed E-state index contributed by atoms with van der Waals surface area (Å²) in [6, 6.07) is 24.2. The molecule has 1 atom stereocenters. The van der Waals surface area contributed by atoms with E-state index < -0.39 is 0 Å². The molecule has 0 N–H and O–H groups in total. The van der Waals surface area contributed by atoms with Crippen molar-refractivity contribution < 1.29 is 0 Å². The molecule has 3 aromatic rings. The van der Waals surface area contributed by atoms with Gasteiger partial charge in [-0.25, -0.2) is 0 Å². The van der Waals surface area contributed by atoms with Gasteiger partial charge in [0.05, 0.1) is 0 Å². The Morgan fingerprint density at radius 1 is 0.974 bits per heavy atom. The molecule has 1 saturated carbocycles. The standard InChI is InChI=1S/C38H39N/c1-4-30-18-25-36(39-27-30)26-32-16-19-34(20-17-32)38(29(3)14-15-31-11-6-5-7-12-31)35-23-21-33(22-24-35)37-13-9-8-10-28(37)2/h1,5-9,11-13,18,21-25,27,32,34,38H,2-3,10,14-17,19-20,26H2. The van der Waals surface area contributed by atoms with Crippen LogP contribution in [0.25, 0.3) is 5.57 Å². The summed E-state index contributed by atoms with van der Waals surface area (Å²) in [5.41, 5.74) is 9.87. The van der Waals surface area contributed by atoms with Crippen molar-refractivity contribution in [2.45, 2.75) is 57.3 Å². The lowest BCUT2D eigenvalue weighted by Gasteiger charge is -2.35. The van der Waals surface area contributed by atoms with Crippen LogP contribution < -0.4 is 0 Å². The van der Waals surface area contributed by atoms with E-state index >= 15 is 0 Å². The van der Waals surface area contributed by atoms with Gasteiger partial charge in [0, 0.05) is 23.4 Å². The molecular weight excluding hydrogens is 470 g/mol. The molecule has 2 aliphatic carbocycles. The first kappa shape index (κ1) is 26.7. The molecule has 1 heteroatoms. The van der Waals surface area contributed by atoms with E-state index in [0.717, 1.165) is 36.9 Å². The SMILES string of the molecule is C#Cc1ccc(CC2CCC(C(C(=C)CCc3ccccc3)c3ccc(C4=CC=CCC4=C)cc3)CC2)nc1. The summed E-state index contributed by atoms with van der Waals surface area (Å²) < 4.78 is 0. The van der Waals surface area contributed by atoms with Crippen molar-refractivity contribution in [2.24, 2.45) is 11.8 Å². The highest BCUT2D eigenvalue weighted by Crippen LogP contribution is 2.44. The average Bonchev–Trinajstić information content (AvgIpc) is 2.99. The average molecular weight is 510 g/mol. The number of nitrogens with zero attached hydrogens (tertiary/aromatic N) is 1. The Labute approximate surface area is 235 Å². The molecule has 1 nitrogen and oxygen atoms in total. The highest BCUT2D eigenvalue weighted by molar-refractivity contribution is 5.81. The third kappa shape index (κ3) is 6.76. The minimum Gasteiger partial charge on any atom is -0.260 e. The van der Waals surface area contributed by atoms with Crippen LogP contribution >= 0.6 is 0 Å². The topological polar surface area (TPSA) is 12.9 Å². The molecule has 0 amide bonds. The molecule has 1 heterocycles. The van der Waals surface area contributed by atoms with Gasteiger partial charge < -0.3 is 0 Å². The number of aromatic nitrogens is 1. The van der Waals surface area contributed by atoms with Crippen LogP contribution in [0, 0.1) is 24.2 Å². The van der Waals surface area contributed by atoms with Gasteiger partial charge >= 0.3 is 0 Å². The first-order valence-corrected chi connectivity index (χ1v) is 14.4. The van der Waals surface area contributed by atoms with Crippen LogP contribution in [0.4, 0.5) is 0 Å². The van der Waals surface area contributed by atoms with E-state index in [1.807, 2.05) is 12.3 Å². The van der Waals surface area contributed by atoms with Crippen LogP contribution in [0.2, 0.25) is 0 Å². The van der Waals surface area contributed by atoms with Gasteiger partial charge in [-0.2, -0.15) is 0 Å². The van der Waals surface area contributed by atoms with Crippen LogP contribution in [-0.4, -0.2) is 4.98 Å². The van der Waals surface area contributed by atoms with E-state index in [1.54, 1.807) is 0 Å². The minimum absolute atomic E-state index is 0.389. The molecule has 0 saturated heterocycles. The second-order valence-electron chi connectivity index (χ2n) is 11.2. The van der Waals surface area contributed by atoms with Crippen molar-refractivity contribution in [1.82, 2.24) is 4.98 Å². The number of pyridine rings is 1. The Kier molecular flexibility index (Phi) is 8.75. The first-order valence-electron chi connectivity index (χ1n) is 14.4. The van der Waals surface area contributed by atoms with E-state index in [0.29, 0.717) is 17.8 Å². The zero-order chi connectivity index (χ0) is 27.0. The summed E-state index contributed by atoms with van der Waals surface area (Å²) in [4.78, 5) is 4.61. The highest BCUT2D eigenvalue weighted by atomic mass is 14.7. The fraction of sp³-hybridized carbons (Fsp3) is 0.289. The van der Waals surface area contributed by atoms with Crippen LogP contribution in [0.15, 0.2) is 115 Å². The van der Waals surface area contributed by atoms with E-state index in [1.165, 1.54) is 59.1 Å². The maximum Gasteiger partial charge on any atom is 0.0427 e. The molecule has 1 fully saturated rings. The zero-order valence-corrected chi connectivity index (χ0v) is 23.0. The molecule has 2 aromatic carbocycles. The van der Waals surface area contributed by atoms with Crippen molar-refractivity contribution in [1.29, 1.82) is 0 Å². The molecule has 0 radical (unpaired) electrons. The van der Waals surface area contributed by atoms with Gasteiger partial charge in [-0.1, -0.05) is 97.5 Å². The highest BCUT2D eigenvalue weighted by Gasteiger charge is 2.30. The van der Waals surface area contributed by atoms with Crippen LogP contribution in [-0.2, 0) is 12.8 Å². The second-order valence-corrected chi connectivity index (χ2v) is 11.2. The quantitative estimate of drug-likeness (QED) is 0.207.